The van der Waals surface area contributed by atoms with Crippen LogP contribution in [0, 0.1) is 0 Å². The summed E-state index contributed by atoms with van der Waals surface area (Å²) in [6.45, 7) is 7.74. The van der Waals surface area contributed by atoms with Crippen LogP contribution < -0.4 is 5.32 Å². The summed E-state index contributed by atoms with van der Waals surface area (Å²) in [4.78, 5) is 19.0. The van der Waals surface area contributed by atoms with Gasteiger partial charge in [0.2, 0.25) is 0 Å². The highest BCUT2D eigenvalue weighted by molar-refractivity contribution is 5.89. The molecule has 140 valence electrons. The summed E-state index contributed by atoms with van der Waals surface area (Å²) in [5.74, 6) is 0. The van der Waals surface area contributed by atoms with Crippen LogP contribution in [0.3, 0.4) is 0 Å². The van der Waals surface area contributed by atoms with Gasteiger partial charge < -0.3 is 10.2 Å². The molecule has 1 atom stereocenters. The molecule has 3 heterocycles. The summed E-state index contributed by atoms with van der Waals surface area (Å²) < 4.78 is 2.04. The quantitative estimate of drug-likeness (QED) is 0.742. The number of carbonyl (C=O) groups is 1. The second kappa shape index (κ2) is 6.68. The molecule has 1 aliphatic heterocycles. The van der Waals surface area contributed by atoms with Crippen molar-refractivity contribution in [3.05, 3.63) is 54.5 Å². The lowest BCUT2D eigenvalue weighted by atomic mass is 9.92. The second-order valence-electron chi connectivity index (χ2n) is 8.15. The maximum absolute atomic E-state index is 12.6. The maximum Gasteiger partial charge on any atom is 0.321 e. The Hall–Kier alpha value is -2.89. The van der Waals surface area contributed by atoms with Gasteiger partial charge in [0.25, 0.3) is 0 Å². The molecule has 27 heavy (non-hydrogen) atoms. The van der Waals surface area contributed by atoms with E-state index in [4.69, 9.17) is 0 Å². The molecule has 2 amide bonds. The fourth-order valence-corrected chi connectivity index (χ4v) is 3.52. The van der Waals surface area contributed by atoms with Crippen molar-refractivity contribution in [2.24, 2.45) is 0 Å². The van der Waals surface area contributed by atoms with Crippen LogP contribution in [0.25, 0.3) is 10.9 Å². The third-order valence-corrected chi connectivity index (χ3v) is 5.08. The highest BCUT2D eigenvalue weighted by Gasteiger charge is 2.28. The lowest BCUT2D eigenvalue weighted by Crippen LogP contribution is -2.33. The van der Waals surface area contributed by atoms with Gasteiger partial charge in [-0.1, -0.05) is 39.0 Å². The maximum atomic E-state index is 12.6. The van der Waals surface area contributed by atoms with Gasteiger partial charge in [-0.15, -0.1) is 0 Å². The summed E-state index contributed by atoms with van der Waals surface area (Å²) in [7, 11) is 0. The van der Waals surface area contributed by atoms with Crippen molar-refractivity contribution in [3.8, 4) is 0 Å². The van der Waals surface area contributed by atoms with E-state index in [0.29, 0.717) is 6.54 Å². The van der Waals surface area contributed by atoms with E-state index in [0.717, 1.165) is 35.2 Å². The van der Waals surface area contributed by atoms with E-state index < -0.39 is 0 Å². The Bertz CT molecular complexity index is 955. The van der Waals surface area contributed by atoms with E-state index in [1.807, 2.05) is 40.0 Å². The second-order valence-corrected chi connectivity index (χ2v) is 8.15. The Morgan fingerprint density at radius 3 is 2.70 bits per heavy atom. The molecule has 1 unspecified atom stereocenters. The Kier molecular flexibility index (Phi) is 4.34. The molecule has 6 nitrogen and oxygen atoms in total. The average Bonchev–Trinajstić information content (AvgIpc) is 3.28. The van der Waals surface area contributed by atoms with Crippen LogP contribution in [0.1, 0.15) is 38.9 Å². The molecule has 2 aromatic heterocycles. The Labute approximate surface area is 159 Å². The Morgan fingerprint density at radius 1 is 1.15 bits per heavy atom. The van der Waals surface area contributed by atoms with Crippen molar-refractivity contribution >= 4 is 22.6 Å². The normalized spacial score (nSPS) is 17.4. The van der Waals surface area contributed by atoms with Crippen molar-refractivity contribution in [1.82, 2.24) is 19.7 Å². The predicted octanol–water partition coefficient (Wildman–Crippen LogP) is 4.21. The zero-order valence-corrected chi connectivity index (χ0v) is 16.0. The number of anilines is 1. The number of carbonyl (C=O) groups excluding carboxylic acids is 1. The molecule has 1 aromatic carbocycles. The van der Waals surface area contributed by atoms with Gasteiger partial charge in [0, 0.05) is 29.6 Å². The fraction of sp³-hybridized carbons (Fsp3) is 0.381. The number of fused-ring (bicyclic) bond motifs is 1. The standard InChI is InChI=1S/C21H25N5O/c1-21(2,3)19-9-8-16(13-22-19)24-20(27)25-11-10-17(14-25)26-18-7-5-4-6-15(18)12-23-26/h4-9,12-13,17H,10-11,14H2,1-3H3,(H,24,27). The van der Waals surface area contributed by atoms with E-state index in [2.05, 4.69) is 48.3 Å². The molecule has 3 aromatic rings. The van der Waals surface area contributed by atoms with Gasteiger partial charge in [-0.2, -0.15) is 5.10 Å². The third-order valence-electron chi connectivity index (χ3n) is 5.08. The predicted molar refractivity (Wildman–Crippen MR) is 107 cm³/mol. The van der Waals surface area contributed by atoms with Gasteiger partial charge in [-0.3, -0.25) is 9.67 Å². The highest BCUT2D eigenvalue weighted by atomic mass is 16.2. The van der Waals surface area contributed by atoms with Crippen LogP contribution in [0.2, 0.25) is 0 Å². The van der Waals surface area contributed by atoms with Crippen molar-refractivity contribution in [2.75, 3.05) is 18.4 Å². The Balaban J connectivity index is 1.42. The third kappa shape index (κ3) is 3.52. The molecule has 4 rings (SSSR count). The number of likely N-dealkylation sites (tertiary alicyclic amines) is 1. The Morgan fingerprint density at radius 2 is 1.96 bits per heavy atom. The summed E-state index contributed by atoms with van der Waals surface area (Å²) in [5.41, 5.74) is 2.84. The molecule has 0 bridgehead atoms. The first-order valence-electron chi connectivity index (χ1n) is 9.36. The minimum Gasteiger partial charge on any atom is -0.322 e. The molecule has 1 saturated heterocycles. The van der Waals surface area contributed by atoms with Crippen molar-refractivity contribution < 1.29 is 4.79 Å². The van der Waals surface area contributed by atoms with Crippen LogP contribution in [-0.4, -0.2) is 38.8 Å². The van der Waals surface area contributed by atoms with Gasteiger partial charge in [0.05, 0.1) is 29.6 Å². The SMILES string of the molecule is CC(C)(C)c1ccc(NC(=O)N2CCC(n3ncc4ccccc43)C2)cn1. The summed E-state index contributed by atoms with van der Waals surface area (Å²) in [6.07, 6.45) is 4.52. The largest absolute Gasteiger partial charge is 0.322 e. The van der Waals surface area contributed by atoms with E-state index >= 15 is 0 Å². The number of nitrogens with zero attached hydrogens (tertiary/aromatic N) is 4. The molecule has 0 radical (unpaired) electrons. The number of para-hydroxylation sites is 1. The monoisotopic (exact) mass is 363 g/mol. The number of hydrogen-bond acceptors (Lipinski definition) is 3. The van der Waals surface area contributed by atoms with Crippen LogP contribution in [-0.2, 0) is 5.41 Å². The van der Waals surface area contributed by atoms with Crippen LogP contribution in [0.5, 0.6) is 0 Å². The molecule has 0 spiro atoms. The smallest absolute Gasteiger partial charge is 0.321 e. The first-order chi connectivity index (χ1) is 12.9. The van der Waals surface area contributed by atoms with Crippen LogP contribution in [0.15, 0.2) is 48.8 Å². The first kappa shape index (κ1) is 17.5. The number of amides is 2. The molecule has 0 aliphatic carbocycles. The van der Waals surface area contributed by atoms with Gasteiger partial charge in [-0.05, 0) is 24.6 Å². The van der Waals surface area contributed by atoms with Gasteiger partial charge in [-0.25, -0.2) is 4.79 Å². The lowest BCUT2D eigenvalue weighted by Gasteiger charge is -2.19. The van der Waals surface area contributed by atoms with Crippen LogP contribution in [0.4, 0.5) is 10.5 Å². The number of pyridine rings is 1. The number of aromatic nitrogens is 3. The number of urea groups is 1. The van der Waals surface area contributed by atoms with Crippen molar-refractivity contribution in [3.63, 3.8) is 0 Å². The van der Waals surface area contributed by atoms with E-state index in [1.54, 1.807) is 6.20 Å². The number of nitrogens with one attached hydrogen (secondary N) is 1. The van der Waals surface area contributed by atoms with Gasteiger partial charge >= 0.3 is 6.03 Å². The molecule has 6 heteroatoms. The number of hydrogen-bond donors (Lipinski definition) is 1. The minimum absolute atomic E-state index is 0.00273. The molecule has 1 aliphatic rings. The molecular weight excluding hydrogens is 338 g/mol. The summed E-state index contributed by atoms with van der Waals surface area (Å²) >= 11 is 0. The van der Waals surface area contributed by atoms with Crippen LogP contribution >= 0.6 is 0 Å². The minimum atomic E-state index is -0.0840. The zero-order chi connectivity index (χ0) is 19.0. The molecule has 0 saturated carbocycles. The summed E-state index contributed by atoms with van der Waals surface area (Å²) in [6, 6.07) is 12.2. The lowest BCUT2D eigenvalue weighted by molar-refractivity contribution is 0.220. The van der Waals surface area contributed by atoms with E-state index in [9.17, 15) is 4.79 Å². The molecule has 1 N–H and O–H groups in total. The fourth-order valence-electron chi connectivity index (χ4n) is 3.52. The van der Waals surface area contributed by atoms with E-state index in [-0.39, 0.29) is 17.5 Å². The first-order valence-corrected chi connectivity index (χ1v) is 9.36. The number of benzene rings is 1. The van der Waals surface area contributed by atoms with Gasteiger partial charge in [0.15, 0.2) is 0 Å². The molecule has 1 fully saturated rings. The van der Waals surface area contributed by atoms with Gasteiger partial charge in [0.1, 0.15) is 0 Å². The highest BCUT2D eigenvalue weighted by Crippen LogP contribution is 2.26. The number of rotatable bonds is 2. The molecular formula is C21H25N5O. The van der Waals surface area contributed by atoms with Crippen molar-refractivity contribution in [1.29, 1.82) is 0 Å². The average molecular weight is 363 g/mol. The zero-order valence-electron chi connectivity index (χ0n) is 16.0. The van der Waals surface area contributed by atoms with Crippen molar-refractivity contribution in [2.45, 2.75) is 38.6 Å². The summed E-state index contributed by atoms with van der Waals surface area (Å²) in [5, 5.41) is 8.63. The topological polar surface area (TPSA) is 63.1 Å². The van der Waals surface area contributed by atoms with E-state index in [1.165, 1.54) is 0 Å².